The highest BCUT2D eigenvalue weighted by Gasteiger charge is 2.30. The van der Waals surface area contributed by atoms with Gasteiger partial charge in [0.1, 0.15) is 5.82 Å². The minimum atomic E-state index is -3.78. The van der Waals surface area contributed by atoms with Crippen molar-refractivity contribution in [2.75, 3.05) is 32.0 Å². The molecule has 0 radical (unpaired) electrons. The first-order valence-electron chi connectivity index (χ1n) is 6.52. The molecule has 10 heteroatoms. The fourth-order valence-corrected chi connectivity index (χ4v) is 3.39. The number of morpholine rings is 1. The van der Waals surface area contributed by atoms with Gasteiger partial charge in [0.05, 0.1) is 19.4 Å². The molecule has 0 aliphatic carbocycles. The van der Waals surface area contributed by atoms with Gasteiger partial charge in [-0.1, -0.05) is 0 Å². The number of aromatic nitrogens is 2. The first kappa shape index (κ1) is 14.8. The molecular formula is C12H14N4O5S. The minimum absolute atomic E-state index is 0.138. The standard InChI is InChI=1S/C12H14N4O5S/c13-10-3-4-14-16(10)12(17)9-1-2-11(21-9)22(18,19)15-5-7-20-8-6-15/h1-4H,5-8,13H2. The second-order valence-electron chi connectivity index (χ2n) is 4.61. The monoisotopic (exact) mass is 326 g/mol. The van der Waals surface area contributed by atoms with Crippen molar-refractivity contribution < 1.29 is 22.4 Å². The Kier molecular flexibility index (Phi) is 3.72. The predicted octanol–water partition coefficient (Wildman–Crippen LogP) is -0.232. The number of hydrogen-bond donors (Lipinski definition) is 1. The second kappa shape index (κ2) is 5.55. The molecule has 0 atom stereocenters. The van der Waals surface area contributed by atoms with Gasteiger partial charge in [-0.2, -0.15) is 14.1 Å². The molecule has 0 unspecified atom stereocenters. The molecule has 0 amide bonds. The quantitative estimate of drug-likeness (QED) is 0.826. The molecule has 0 bridgehead atoms. The molecule has 22 heavy (non-hydrogen) atoms. The van der Waals surface area contributed by atoms with Crippen molar-refractivity contribution in [3.05, 3.63) is 30.2 Å². The average molecular weight is 326 g/mol. The van der Waals surface area contributed by atoms with Crippen LogP contribution >= 0.6 is 0 Å². The highest BCUT2D eigenvalue weighted by Crippen LogP contribution is 2.20. The normalized spacial score (nSPS) is 16.7. The van der Waals surface area contributed by atoms with Crippen molar-refractivity contribution in [3.63, 3.8) is 0 Å². The number of furan rings is 1. The SMILES string of the molecule is Nc1ccnn1C(=O)c1ccc(S(=O)(=O)N2CCOCC2)o1. The third kappa shape index (κ3) is 2.51. The van der Waals surface area contributed by atoms with Gasteiger partial charge < -0.3 is 14.9 Å². The summed E-state index contributed by atoms with van der Waals surface area (Å²) in [4.78, 5) is 12.1. The number of ether oxygens (including phenoxy) is 1. The molecule has 0 saturated carbocycles. The van der Waals surface area contributed by atoms with E-state index < -0.39 is 15.9 Å². The number of rotatable bonds is 3. The first-order chi connectivity index (χ1) is 10.5. The highest BCUT2D eigenvalue weighted by molar-refractivity contribution is 7.89. The zero-order valence-corrected chi connectivity index (χ0v) is 12.3. The summed E-state index contributed by atoms with van der Waals surface area (Å²) < 4.78 is 37.3. The molecule has 2 aromatic rings. The molecule has 118 valence electrons. The lowest BCUT2D eigenvalue weighted by molar-refractivity contribution is 0.0722. The van der Waals surface area contributed by atoms with Crippen LogP contribution in [0.25, 0.3) is 0 Å². The van der Waals surface area contributed by atoms with Crippen LogP contribution in [0.1, 0.15) is 10.6 Å². The van der Waals surface area contributed by atoms with Crippen molar-refractivity contribution in [2.45, 2.75) is 5.09 Å². The number of sulfonamides is 1. The zero-order chi connectivity index (χ0) is 15.7. The Labute approximate surface area is 126 Å². The van der Waals surface area contributed by atoms with Gasteiger partial charge in [0.25, 0.3) is 10.0 Å². The van der Waals surface area contributed by atoms with Gasteiger partial charge in [-0.05, 0) is 12.1 Å². The van der Waals surface area contributed by atoms with Crippen molar-refractivity contribution in [1.82, 2.24) is 14.1 Å². The maximum Gasteiger partial charge on any atom is 0.315 e. The third-order valence-corrected chi connectivity index (χ3v) is 4.99. The molecule has 1 aliphatic rings. The maximum atomic E-state index is 12.4. The molecule has 2 N–H and O–H groups in total. The number of hydrogen-bond acceptors (Lipinski definition) is 7. The van der Waals surface area contributed by atoms with E-state index >= 15 is 0 Å². The van der Waals surface area contributed by atoms with Crippen molar-refractivity contribution in [2.24, 2.45) is 0 Å². The van der Waals surface area contributed by atoms with E-state index in [0.717, 1.165) is 4.68 Å². The van der Waals surface area contributed by atoms with Gasteiger partial charge in [0, 0.05) is 19.2 Å². The largest absolute Gasteiger partial charge is 0.438 e. The summed E-state index contributed by atoms with van der Waals surface area (Å²) in [5.41, 5.74) is 5.59. The molecule has 1 fully saturated rings. The summed E-state index contributed by atoms with van der Waals surface area (Å²) in [6.45, 7) is 1.15. The van der Waals surface area contributed by atoms with E-state index in [-0.39, 0.29) is 29.8 Å². The highest BCUT2D eigenvalue weighted by atomic mass is 32.2. The fourth-order valence-electron chi connectivity index (χ4n) is 2.08. The van der Waals surface area contributed by atoms with Crippen LogP contribution in [-0.2, 0) is 14.8 Å². The van der Waals surface area contributed by atoms with Gasteiger partial charge >= 0.3 is 5.91 Å². The molecule has 9 nitrogen and oxygen atoms in total. The van der Waals surface area contributed by atoms with E-state index in [1.807, 2.05) is 0 Å². The number of carbonyl (C=O) groups excluding carboxylic acids is 1. The van der Waals surface area contributed by atoms with Gasteiger partial charge in [0.2, 0.25) is 5.09 Å². The van der Waals surface area contributed by atoms with Crippen LogP contribution in [0.15, 0.2) is 33.9 Å². The zero-order valence-electron chi connectivity index (χ0n) is 11.5. The summed E-state index contributed by atoms with van der Waals surface area (Å²) in [5, 5.41) is 3.47. The number of carbonyl (C=O) groups is 1. The molecule has 2 aromatic heterocycles. The Morgan fingerprint density at radius 2 is 1.95 bits per heavy atom. The smallest absolute Gasteiger partial charge is 0.315 e. The van der Waals surface area contributed by atoms with Crippen LogP contribution in [0.4, 0.5) is 5.82 Å². The van der Waals surface area contributed by atoms with Gasteiger partial charge in [-0.25, -0.2) is 8.42 Å². The van der Waals surface area contributed by atoms with Crippen LogP contribution in [0.3, 0.4) is 0 Å². The third-order valence-electron chi connectivity index (χ3n) is 3.22. The van der Waals surface area contributed by atoms with E-state index in [0.29, 0.717) is 13.2 Å². The van der Waals surface area contributed by atoms with Crippen LogP contribution in [0, 0.1) is 0 Å². The van der Waals surface area contributed by atoms with Gasteiger partial charge in [0.15, 0.2) is 5.76 Å². The predicted molar refractivity (Wildman–Crippen MR) is 74.7 cm³/mol. The lowest BCUT2D eigenvalue weighted by Crippen LogP contribution is -2.40. The maximum absolute atomic E-state index is 12.4. The van der Waals surface area contributed by atoms with Crippen molar-refractivity contribution in [3.8, 4) is 0 Å². The van der Waals surface area contributed by atoms with Crippen LogP contribution in [0.2, 0.25) is 0 Å². The lowest BCUT2D eigenvalue weighted by atomic mass is 10.4. The van der Waals surface area contributed by atoms with Crippen molar-refractivity contribution in [1.29, 1.82) is 0 Å². The van der Waals surface area contributed by atoms with E-state index in [2.05, 4.69) is 5.10 Å². The molecule has 3 heterocycles. The van der Waals surface area contributed by atoms with E-state index in [9.17, 15) is 13.2 Å². The number of anilines is 1. The minimum Gasteiger partial charge on any atom is -0.438 e. The molecule has 3 rings (SSSR count). The van der Waals surface area contributed by atoms with Crippen LogP contribution < -0.4 is 5.73 Å². The fraction of sp³-hybridized carbons (Fsp3) is 0.333. The Morgan fingerprint density at radius 3 is 2.59 bits per heavy atom. The molecule has 0 spiro atoms. The second-order valence-corrected chi connectivity index (χ2v) is 6.48. The van der Waals surface area contributed by atoms with E-state index in [4.69, 9.17) is 14.9 Å². The first-order valence-corrected chi connectivity index (χ1v) is 7.96. The van der Waals surface area contributed by atoms with Crippen LogP contribution in [0.5, 0.6) is 0 Å². The summed E-state index contributed by atoms with van der Waals surface area (Å²) in [7, 11) is -3.78. The summed E-state index contributed by atoms with van der Waals surface area (Å²) >= 11 is 0. The summed E-state index contributed by atoms with van der Waals surface area (Å²) in [5.74, 6) is -0.646. The number of nitrogens with zero attached hydrogens (tertiary/aromatic N) is 3. The molecule has 1 aliphatic heterocycles. The summed E-state index contributed by atoms with van der Waals surface area (Å²) in [6.07, 6.45) is 1.36. The van der Waals surface area contributed by atoms with Crippen LogP contribution in [-0.4, -0.2) is 54.7 Å². The topological polar surface area (TPSA) is 121 Å². The number of nitrogen functional groups attached to an aromatic ring is 1. The number of nitrogens with two attached hydrogens (primary N) is 1. The average Bonchev–Trinajstić information content (AvgIpc) is 3.17. The van der Waals surface area contributed by atoms with E-state index in [1.54, 1.807) is 0 Å². The Bertz CT molecular complexity index is 788. The Balaban J connectivity index is 1.87. The summed E-state index contributed by atoms with van der Waals surface area (Å²) in [6, 6.07) is 3.99. The van der Waals surface area contributed by atoms with Gasteiger partial charge in [-0.3, -0.25) is 4.79 Å². The lowest BCUT2D eigenvalue weighted by Gasteiger charge is -2.24. The Morgan fingerprint density at radius 1 is 1.23 bits per heavy atom. The molecule has 1 saturated heterocycles. The van der Waals surface area contributed by atoms with E-state index in [1.165, 1.54) is 28.7 Å². The molecular weight excluding hydrogens is 312 g/mol. The molecule has 0 aromatic carbocycles. The Hall–Kier alpha value is -2.17. The van der Waals surface area contributed by atoms with Crippen molar-refractivity contribution >= 4 is 21.7 Å². The van der Waals surface area contributed by atoms with Gasteiger partial charge in [-0.15, -0.1) is 0 Å².